The van der Waals surface area contributed by atoms with Gasteiger partial charge >= 0.3 is 0 Å². The quantitative estimate of drug-likeness (QED) is 0.678. The second kappa shape index (κ2) is 8.94. The van der Waals surface area contributed by atoms with Crippen molar-refractivity contribution in [2.24, 2.45) is 0 Å². The molecule has 1 unspecified atom stereocenters. The van der Waals surface area contributed by atoms with Gasteiger partial charge in [0.15, 0.2) is 5.69 Å². The lowest BCUT2D eigenvalue weighted by atomic mass is 10.2. The Morgan fingerprint density at radius 2 is 1.92 bits per heavy atom. The molecule has 0 radical (unpaired) electrons. The first-order valence-electron chi connectivity index (χ1n) is 9.37. The van der Waals surface area contributed by atoms with Gasteiger partial charge in [0.25, 0.3) is 5.91 Å². The van der Waals surface area contributed by atoms with E-state index in [9.17, 15) is 4.79 Å². The predicted octanol–water partition coefficient (Wildman–Crippen LogP) is 2.52. The highest BCUT2D eigenvalue weighted by molar-refractivity contribution is 5.92. The van der Waals surface area contributed by atoms with Crippen LogP contribution in [0.4, 0.5) is 0 Å². The van der Waals surface area contributed by atoms with Crippen molar-refractivity contribution in [2.75, 3.05) is 32.7 Å². The lowest BCUT2D eigenvalue weighted by Gasteiger charge is -2.24. The Hall–Kier alpha value is -1.95. The normalized spacial score (nSPS) is 19.1. The van der Waals surface area contributed by atoms with Crippen LogP contribution >= 0.6 is 0 Å². The Morgan fingerprint density at radius 3 is 2.64 bits per heavy atom. The van der Waals surface area contributed by atoms with Crippen LogP contribution in [0.1, 0.15) is 49.0 Å². The van der Waals surface area contributed by atoms with Gasteiger partial charge in [-0.15, -0.1) is 6.58 Å². The molecular weight excluding hydrogens is 316 g/mol. The van der Waals surface area contributed by atoms with Crippen molar-refractivity contribution in [2.45, 2.75) is 44.6 Å². The Kier molecular flexibility index (Phi) is 6.39. The number of amides is 1. The number of hydrogen-bond acceptors (Lipinski definition) is 5. The molecule has 6 heteroatoms. The predicted molar refractivity (Wildman–Crippen MR) is 96.7 cm³/mol. The largest absolute Gasteiger partial charge is 0.472 e. The zero-order valence-corrected chi connectivity index (χ0v) is 14.9. The third-order valence-corrected chi connectivity index (χ3v) is 4.87. The average molecular weight is 344 g/mol. The molecule has 0 bridgehead atoms. The number of ether oxygens (including phenoxy) is 1. The van der Waals surface area contributed by atoms with Gasteiger partial charge < -0.3 is 9.64 Å². The summed E-state index contributed by atoms with van der Waals surface area (Å²) in [5, 5.41) is 0. The number of nitrogens with zero attached hydrogens (tertiary/aromatic N) is 4. The van der Waals surface area contributed by atoms with Crippen molar-refractivity contribution >= 4 is 5.91 Å². The molecule has 2 fully saturated rings. The van der Waals surface area contributed by atoms with Gasteiger partial charge in [0.05, 0.1) is 12.4 Å². The lowest BCUT2D eigenvalue weighted by Crippen LogP contribution is -2.34. The van der Waals surface area contributed by atoms with Gasteiger partial charge in [0, 0.05) is 19.6 Å². The maximum absolute atomic E-state index is 12.5. The van der Waals surface area contributed by atoms with Crippen LogP contribution in [0.15, 0.2) is 25.0 Å². The molecule has 136 valence electrons. The lowest BCUT2D eigenvalue weighted by molar-refractivity contribution is 0.0782. The second-order valence-electron chi connectivity index (χ2n) is 6.86. The molecule has 3 heterocycles. The van der Waals surface area contributed by atoms with Gasteiger partial charge in [0.1, 0.15) is 6.10 Å². The minimum atomic E-state index is -0.0439. The molecule has 2 aliphatic rings. The molecule has 25 heavy (non-hydrogen) atoms. The third kappa shape index (κ3) is 5.01. The maximum atomic E-state index is 12.5. The first-order valence-corrected chi connectivity index (χ1v) is 9.37. The highest BCUT2D eigenvalue weighted by Gasteiger charge is 2.23. The summed E-state index contributed by atoms with van der Waals surface area (Å²) >= 11 is 0. The highest BCUT2D eigenvalue weighted by Crippen LogP contribution is 2.17. The number of allylic oxidation sites excluding steroid dienone is 1. The SMILES string of the molecule is C=CCCC(CN1CCCC1)Oc1cncc(C(=O)N2CCCC2)n1. The summed E-state index contributed by atoms with van der Waals surface area (Å²) < 4.78 is 6.10. The minimum Gasteiger partial charge on any atom is -0.472 e. The number of hydrogen-bond donors (Lipinski definition) is 0. The fourth-order valence-corrected chi connectivity index (χ4v) is 3.51. The van der Waals surface area contributed by atoms with Crippen LogP contribution < -0.4 is 4.74 Å². The number of rotatable bonds is 8. The van der Waals surface area contributed by atoms with Gasteiger partial charge in [-0.05, 0) is 51.6 Å². The van der Waals surface area contributed by atoms with E-state index in [1.54, 1.807) is 6.20 Å². The summed E-state index contributed by atoms with van der Waals surface area (Å²) in [7, 11) is 0. The van der Waals surface area contributed by atoms with Crippen molar-refractivity contribution in [1.29, 1.82) is 0 Å². The zero-order chi connectivity index (χ0) is 17.5. The van der Waals surface area contributed by atoms with E-state index in [0.29, 0.717) is 11.6 Å². The third-order valence-electron chi connectivity index (χ3n) is 4.87. The standard InChI is InChI=1S/C19H28N4O2/c1-2-3-8-16(15-22-9-4-5-10-22)25-18-14-20-13-17(21-18)19(24)23-11-6-7-12-23/h2,13-14,16H,1,3-12,15H2. The Bertz CT molecular complexity index is 581. The number of likely N-dealkylation sites (tertiary alicyclic amines) is 2. The molecule has 0 spiro atoms. The molecule has 0 aromatic carbocycles. The van der Waals surface area contributed by atoms with Gasteiger partial charge in [-0.2, -0.15) is 0 Å². The summed E-state index contributed by atoms with van der Waals surface area (Å²) in [4.78, 5) is 25.3. The fourth-order valence-electron chi connectivity index (χ4n) is 3.51. The molecule has 2 aliphatic heterocycles. The molecule has 1 aromatic rings. The average Bonchev–Trinajstić information content (AvgIpc) is 3.33. The second-order valence-corrected chi connectivity index (χ2v) is 6.86. The van der Waals surface area contributed by atoms with Gasteiger partial charge in [0.2, 0.25) is 5.88 Å². The minimum absolute atomic E-state index is 0.0439. The van der Waals surface area contributed by atoms with E-state index >= 15 is 0 Å². The highest BCUT2D eigenvalue weighted by atomic mass is 16.5. The first-order chi connectivity index (χ1) is 12.3. The van der Waals surface area contributed by atoms with Crippen molar-refractivity contribution in [3.8, 4) is 5.88 Å². The van der Waals surface area contributed by atoms with Crippen LogP contribution in [-0.4, -0.2) is 64.5 Å². The molecule has 3 rings (SSSR count). The molecular formula is C19H28N4O2. The molecule has 1 atom stereocenters. The topological polar surface area (TPSA) is 58.6 Å². The van der Waals surface area contributed by atoms with Gasteiger partial charge in [-0.1, -0.05) is 6.08 Å². The van der Waals surface area contributed by atoms with Gasteiger partial charge in [-0.25, -0.2) is 4.98 Å². The van der Waals surface area contributed by atoms with E-state index in [-0.39, 0.29) is 12.0 Å². The molecule has 1 amide bonds. The Morgan fingerprint density at radius 1 is 1.20 bits per heavy atom. The molecule has 0 saturated carbocycles. The van der Waals surface area contributed by atoms with Gasteiger partial charge in [-0.3, -0.25) is 14.7 Å². The summed E-state index contributed by atoms with van der Waals surface area (Å²) in [6.07, 6.45) is 11.5. The monoisotopic (exact) mass is 344 g/mol. The number of carbonyl (C=O) groups is 1. The van der Waals surface area contributed by atoms with Crippen LogP contribution in [-0.2, 0) is 0 Å². The van der Waals surface area contributed by atoms with E-state index in [1.807, 2.05) is 11.0 Å². The zero-order valence-electron chi connectivity index (χ0n) is 14.9. The van der Waals surface area contributed by atoms with Crippen molar-refractivity contribution in [1.82, 2.24) is 19.8 Å². The number of aromatic nitrogens is 2. The molecule has 0 aliphatic carbocycles. The van der Waals surface area contributed by atoms with E-state index in [2.05, 4.69) is 21.4 Å². The Balaban J connectivity index is 1.64. The van der Waals surface area contributed by atoms with E-state index in [1.165, 1.54) is 19.0 Å². The van der Waals surface area contributed by atoms with Crippen LogP contribution in [0, 0.1) is 0 Å². The van der Waals surface area contributed by atoms with E-state index < -0.39 is 0 Å². The van der Waals surface area contributed by atoms with Crippen molar-refractivity contribution < 1.29 is 9.53 Å². The van der Waals surface area contributed by atoms with E-state index in [4.69, 9.17) is 4.74 Å². The van der Waals surface area contributed by atoms with Crippen LogP contribution in [0.5, 0.6) is 5.88 Å². The van der Waals surface area contributed by atoms with Crippen LogP contribution in [0.25, 0.3) is 0 Å². The fraction of sp³-hybridized carbons (Fsp3) is 0.632. The maximum Gasteiger partial charge on any atom is 0.274 e. The van der Waals surface area contributed by atoms with E-state index in [0.717, 1.165) is 58.4 Å². The van der Waals surface area contributed by atoms with Crippen molar-refractivity contribution in [3.63, 3.8) is 0 Å². The summed E-state index contributed by atoms with van der Waals surface area (Å²) in [6.45, 7) is 8.57. The molecule has 6 nitrogen and oxygen atoms in total. The Labute approximate surface area is 149 Å². The first kappa shape index (κ1) is 17.9. The molecule has 0 N–H and O–H groups in total. The summed E-state index contributed by atoms with van der Waals surface area (Å²) in [5.41, 5.74) is 0.378. The van der Waals surface area contributed by atoms with Crippen LogP contribution in [0.2, 0.25) is 0 Å². The smallest absolute Gasteiger partial charge is 0.274 e. The van der Waals surface area contributed by atoms with Crippen LogP contribution in [0.3, 0.4) is 0 Å². The summed E-state index contributed by atoms with van der Waals surface area (Å²) in [6, 6.07) is 0. The molecule has 2 saturated heterocycles. The number of carbonyl (C=O) groups excluding carboxylic acids is 1. The van der Waals surface area contributed by atoms with Crippen molar-refractivity contribution in [3.05, 3.63) is 30.7 Å². The molecule has 1 aromatic heterocycles. The summed E-state index contributed by atoms with van der Waals surface area (Å²) in [5.74, 6) is 0.399.